The molecule has 2 aliphatic rings. The van der Waals surface area contributed by atoms with Gasteiger partial charge < -0.3 is 4.57 Å². The van der Waals surface area contributed by atoms with Crippen LogP contribution in [0.4, 0.5) is 0 Å². The number of rotatable bonds is 9. The number of carbonyl (C=O) groups excluding carboxylic acids is 1. The Balaban J connectivity index is 1.40. The van der Waals surface area contributed by atoms with Gasteiger partial charge in [0.1, 0.15) is 5.04 Å². The molecule has 2 aliphatic heterocycles. The molecule has 184 valence electrons. The summed E-state index contributed by atoms with van der Waals surface area (Å²) in [5.74, 6) is -0.319. The van der Waals surface area contributed by atoms with Crippen LogP contribution in [0.15, 0.2) is 70.4 Å². The second-order valence-electron chi connectivity index (χ2n) is 9.03. The first-order valence-electron chi connectivity index (χ1n) is 12.3. The third kappa shape index (κ3) is 5.18. The van der Waals surface area contributed by atoms with Crippen LogP contribution in [-0.4, -0.2) is 31.5 Å². The van der Waals surface area contributed by atoms with E-state index in [0.29, 0.717) is 16.7 Å². The summed E-state index contributed by atoms with van der Waals surface area (Å²) in [5.41, 5.74) is 3.30. The molecule has 0 saturated carbocycles. The van der Waals surface area contributed by atoms with Gasteiger partial charge in [0, 0.05) is 34.2 Å². The van der Waals surface area contributed by atoms with Crippen molar-refractivity contribution in [2.45, 2.75) is 52.0 Å². The topological polar surface area (TPSA) is 73.8 Å². The zero-order valence-corrected chi connectivity index (χ0v) is 21.8. The Hall–Kier alpha value is -3.16. The number of hydrazone groups is 1. The molecule has 3 heterocycles. The second kappa shape index (κ2) is 10.8. The van der Waals surface area contributed by atoms with Gasteiger partial charge >= 0.3 is 0 Å². The van der Waals surface area contributed by atoms with Crippen molar-refractivity contribution >= 4 is 62.3 Å². The van der Waals surface area contributed by atoms with Gasteiger partial charge in [0.05, 0.1) is 5.57 Å². The number of thioether (sulfide) groups is 1. The summed E-state index contributed by atoms with van der Waals surface area (Å²) in [4.78, 5) is 17.2. The fourth-order valence-electron chi connectivity index (χ4n) is 4.48. The lowest BCUT2D eigenvalue weighted by atomic mass is 10.1. The van der Waals surface area contributed by atoms with Gasteiger partial charge in [-0.1, -0.05) is 74.5 Å². The first kappa shape index (κ1) is 24.5. The van der Waals surface area contributed by atoms with E-state index in [4.69, 9.17) is 17.0 Å². The predicted octanol–water partition coefficient (Wildman–Crippen LogP) is 7.32. The molecule has 36 heavy (non-hydrogen) atoms. The van der Waals surface area contributed by atoms with Crippen LogP contribution in [0.25, 0.3) is 17.0 Å². The van der Waals surface area contributed by atoms with Crippen molar-refractivity contribution in [3.8, 4) is 0 Å². The molecule has 5 rings (SSSR count). The number of carbonyl (C=O) groups is 1. The van der Waals surface area contributed by atoms with Crippen LogP contribution >= 0.6 is 23.4 Å². The first-order valence-corrected chi connectivity index (χ1v) is 13.5. The molecule has 0 unspecified atom stereocenters. The maximum Gasteiger partial charge on any atom is 0.283 e. The Labute approximate surface area is 220 Å². The van der Waals surface area contributed by atoms with Gasteiger partial charge in [0.15, 0.2) is 5.84 Å². The molecule has 1 aromatic heterocycles. The molecule has 6 nitrogen and oxygen atoms in total. The summed E-state index contributed by atoms with van der Waals surface area (Å²) in [7, 11) is 0. The highest BCUT2D eigenvalue weighted by Crippen LogP contribution is 2.32. The summed E-state index contributed by atoms with van der Waals surface area (Å²) in [5, 5.41) is 18.0. The van der Waals surface area contributed by atoms with Crippen LogP contribution in [0.2, 0.25) is 5.02 Å². The van der Waals surface area contributed by atoms with Crippen LogP contribution in [0, 0.1) is 5.41 Å². The van der Waals surface area contributed by atoms with Gasteiger partial charge in [0.2, 0.25) is 5.17 Å². The molecule has 0 spiro atoms. The zero-order chi connectivity index (χ0) is 25.1. The second-order valence-corrected chi connectivity index (χ2v) is 10.5. The molecule has 0 radical (unpaired) electrons. The number of aliphatic imine (C=N–C) groups is 1. The van der Waals surface area contributed by atoms with Crippen molar-refractivity contribution in [3.63, 3.8) is 0 Å². The van der Waals surface area contributed by atoms with Crippen molar-refractivity contribution in [1.82, 2.24) is 9.58 Å². The van der Waals surface area contributed by atoms with Crippen LogP contribution in [-0.2, 0) is 11.3 Å². The number of fused-ring (bicyclic) bond motifs is 2. The monoisotopic (exact) mass is 517 g/mol. The fraction of sp³-hybridized carbons (Fsp3) is 0.286. The molecule has 1 N–H and O–H groups in total. The van der Waals surface area contributed by atoms with E-state index >= 15 is 0 Å². The summed E-state index contributed by atoms with van der Waals surface area (Å²) in [6.07, 6.45) is 10.6. The van der Waals surface area contributed by atoms with Crippen molar-refractivity contribution in [3.05, 3.63) is 76.5 Å². The molecule has 3 aromatic rings. The van der Waals surface area contributed by atoms with Gasteiger partial charge in [-0.05, 0) is 54.4 Å². The fourth-order valence-corrected chi connectivity index (χ4v) is 5.53. The lowest BCUT2D eigenvalue weighted by Crippen LogP contribution is -2.35. The standard InChI is InChI=1S/C28H28ClN5OS/c1-2-3-4-5-6-11-25-32-34-26(30)23(27(35)31-28(34)36-25)16-20-18-33(24-10-8-7-9-22(20)24)17-19-12-14-21(29)15-13-19/h7-10,12-16,18,30H,2-6,11,17H2,1H3/b23-16-,30-26?. The van der Waals surface area contributed by atoms with Crippen molar-refractivity contribution in [1.29, 1.82) is 5.41 Å². The minimum Gasteiger partial charge on any atom is -0.342 e. The van der Waals surface area contributed by atoms with Crippen LogP contribution in [0.1, 0.15) is 56.6 Å². The van der Waals surface area contributed by atoms with Gasteiger partial charge in [-0.15, -0.1) is 0 Å². The van der Waals surface area contributed by atoms with E-state index < -0.39 is 5.91 Å². The smallest absolute Gasteiger partial charge is 0.283 e. The number of amides is 1. The SMILES string of the molecule is CCCCCCCC1=NN2C(=N)/C(=C/c3cn(Cc4ccc(Cl)cc4)c4ccccc34)C(=O)N=C2S1. The Morgan fingerprint density at radius 2 is 1.83 bits per heavy atom. The van der Waals surface area contributed by atoms with Crippen molar-refractivity contribution < 1.29 is 4.79 Å². The Kier molecular flexibility index (Phi) is 7.39. The highest BCUT2D eigenvalue weighted by atomic mass is 35.5. The quantitative estimate of drug-likeness (QED) is 0.238. The van der Waals surface area contributed by atoms with E-state index in [0.717, 1.165) is 39.9 Å². The van der Waals surface area contributed by atoms with Gasteiger partial charge in [0.25, 0.3) is 5.91 Å². The van der Waals surface area contributed by atoms with E-state index in [1.807, 2.05) is 48.7 Å². The number of nitrogens with one attached hydrogen (secondary N) is 1. The number of para-hydroxylation sites is 1. The molecule has 0 fully saturated rings. The number of halogens is 1. The molecule has 0 atom stereocenters. The Morgan fingerprint density at radius 1 is 1.06 bits per heavy atom. The number of nitrogens with zero attached hydrogens (tertiary/aromatic N) is 4. The highest BCUT2D eigenvalue weighted by molar-refractivity contribution is 8.26. The largest absolute Gasteiger partial charge is 0.342 e. The summed E-state index contributed by atoms with van der Waals surface area (Å²) < 4.78 is 2.15. The average Bonchev–Trinajstić information content (AvgIpc) is 3.44. The molecular weight excluding hydrogens is 490 g/mol. The number of benzene rings is 2. The molecule has 1 amide bonds. The van der Waals surface area contributed by atoms with Crippen molar-refractivity contribution in [2.24, 2.45) is 10.1 Å². The summed E-state index contributed by atoms with van der Waals surface area (Å²) in [6, 6.07) is 15.9. The number of amidine groups is 2. The maximum absolute atomic E-state index is 12.9. The van der Waals surface area contributed by atoms with Gasteiger partial charge in [-0.3, -0.25) is 10.2 Å². The van der Waals surface area contributed by atoms with Crippen LogP contribution in [0.3, 0.4) is 0 Å². The van der Waals surface area contributed by atoms with Crippen LogP contribution < -0.4 is 0 Å². The Bertz CT molecular complexity index is 1400. The average molecular weight is 518 g/mol. The van der Waals surface area contributed by atoms with E-state index in [-0.39, 0.29) is 11.4 Å². The number of hydrogen-bond acceptors (Lipinski definition) is 4. The molecular formula is C28H28ClN5OS. The molecule has 0 bridgehead atoms. The van der Waals surface area contributed by atoms with Crippen LogP contribution in [0.5, 0.6) is 0 Å². The predicted molar refractivity (Wildman–Crippen MR) is 151 cm³/mol. The van der Waals surface area contributed by atoms with E-state index in [1.165, 1.54) is 42.5 Å². The molecule has 2 aromatic carbocycles. The van der Waals surface area contributed by atoms with E-state index in [1.54, 1.807) is 6.08 Å². The highest BCUT2D eigenvalue weighted by Gasteiger charge is 2.35. The third-order valence-electron chi connectivity index (χ3n) is 6.38. The molecule has 0 aliphatic carbocycles. The summed E-state index contributed by atoms with van der Waals surface area (Å²) >= 11 is 7.45. The first-order chi connectivity index (χ1) is 17.5. The number of hydrogen-bond donors (Lipinski definition) is 1. The van der Waals surface area contributed by atoms with E-state index in [2.05, 4.69) is 27.7 Å². The Morgan fingerprint density at radius 3 is 2.64 bits per heavy atom. The van der Waals surface area contributed by atoms with Gasteiger partial charge in [-0.25, -0.2) is 0 Å². The maximum atomic E-state index is 12.9. The normalized spacial score (nSPS) is 16.6. The summed E-state index contributed by atoms with van der Waals surface area (Å²) in [6.45, 7) is 2.88. The molecule has 0 saturated heterocycles. The third-order valence-corrected chi connectivity index (χ3v) is 7.60. The number of unbranched alkanes of at least 4 members (excludes halogenated alkanes) is 4. The molecule has 8 heteroatoms. The zero-order valence-electron chi connectivity index (χ0n) is 20.2. The van der Waals surface area contributed by atoms with Gasteiger partial charge in [-0.2, -0.15) is 15.1 Å². The lowest BCUT2D eigenvalue weighted by Gasteiger charge is -2.20. The van der Waals surface area contributed by atoms with Crippen molar-refractivity contribution in [2.75, 3.05) is 0 Å². The minimum atomic E-state index is -0.396. The lowest BCUT2D eigenvalue weighted by molar-refractivity contribution is -0.114. The number of aromatic nitrogens is 1. The minimum absolute atomic E-state index is 0.0769. The van der Waals surface area contributed by atoms with E-state index in [9.17, 15) is 4.79 Å².